The molecule has 0 fully saturated rings. The summed E-state index contributed by atoms with van der Waals surface area (Å²) in [5.74, 6) is 0.642. The Hall–Kier alpha value is -3.98. The molecule has 9 heteroatoms. The molecule has 2 aromatic rings. The van der Waals surface area contributed by atoms with Gasteiger partial charge in [-0.25, -0.2) is 9.98 Å². The monoisotopic (exact) mass is 375 g/mol. The zero-order chi connectivity index (χ0) is 20.3. The van der Waals surface area contributed by atoms with E-state index >= 15 is 0 Å². The molecule has 1 atom stereocenters. The summed E-state index contributed by atoms with van der Waals surface area (Å²) in [6.07, 6.45) is 1.84. The number of aliphatic imine (C=N–C) groups is 1. The molecule has 142 valence electrons. The minimum Gasteiger partial charge on any atom is -0.397 e. The standard InChI is InChI=1S/C19H21N9/c1-3-28(4-2)12-7-5-11(6-8-12)16-14-15(22)13(9-20)17(23)26-18(14)27-19(25-16)24-10-21/h5-8,16H,3-4H2,1-2H3,(H6,22,23,24,25,26,27). The smallest absolute Gasteiger partial charge is 0.211 e. The fourth-order valence-electron chi connectivity index (χ4n) is 3.28. The van der Waals surface area contributed by atoms with E-state index in [1.807, 2.05) is 36.5 Å². The average Bonchev–Trinajstić information content (AvgIpc) is 2.69. The number of nitriles is 2. The molecule has 0 saturated heterocycles. The number of nitrogen functional groups attached to an aromatic ring is 2. The number of fused-ring (bicyclic) bond motifs is 1. The van der Waals surface area contributed by atoms with Gasteiger partial charge in [-0.1, -0.05) is 12.1 Å². The van der Waals surface area contributed by atoms with Gasteiger partial charge in [0.05, 0.1) is 5.69 Å². The Labute approximate surface area is 163 Å². The summed E-state index contributed by atoms with van der Waals surface area (Å²) in [4.78, 5) is 11.0. The molecule has 0 spiro atoms. The highest BCUT2D eigenvalue weighted by Gasteiger charge is 2.29. The van der Waals surface area contributed by atoms with Gasteiger partial charge in [-0.05, 0) is 31.5 Å². The van der Waals surface area contributed by atoms with E-state index < -0.39 is 6.04 Å². The van der Waals surface area contributed by atoms with Crippen LogP contribution in [-0.2, 0) is 0 Å². The number of aromatic nitrogens is 1. The van der Waals surface area contributed by atoms with E-state index in [1.165, 1.54) is 0 Å². The van der Waals surface area contributed by atoms with Crippen LogP contribution in [0.2, 0.25) is 0 Å². The summed E-state index contributed by atoms with van der Waals surface area (Å²) in [6, 6.07) is 9.42. The molecule has 0 radical (unpaired) electrons. The quantitative estimate of drug-likeness (QED) is 0.467. The second kappa shape index (κ2) is 7.72. The highest BCUT2D eigenvalue weighted by molar-refractivity contribution is 5.98. The van der Waals surface area contributed by atoms with Crippen molar-refractivity contribution in [1.29, 1.82) is 10.5 Å². The summed E-state index contributed by atoms with van der Waals surface area (Å²) in [5.41, 5.74) is 15.0. The molecule has 1 aliphatic heterocycles. The van der Waals surface area contributed by atoms with E-state index in [1.54, 1.807) is 0 Å². The van der Waals surface area contributed by atoms with Gasteiger partial charge in [0.2, 0.25) is 5.96 Å². The van der Waals surface area contributed by atoms with Crippen molar-refractivity contribution in [3.8, 4) is 12.3 Å². The summed E-state index contributed by atoms with van der Waals surface area (Å²) < 4.78 is 0. The minimum atomic E-state index is -0.530. The average molecular weight is 375 g/mol. The molecule has 1 aromatic heterocycles. The molecular formula is C19H21N9. The number of pyridine rings is 1. The van der Waals surface area contributed by atoms with Gasteiger partial charge in [0, 0.05) is 24.3 Å². The maximum atomic E-state index is 9.38. The molecule has 2 heterocycles. The van der Waals surface area contributed by atoms with Crippen molar-refractivity contribution in [3.05, 3.63) is 41.0 Å². The molecule has 0 amide bonds. The maximum Gasteiger partial charge on any atom is 0.211 e. The van der Waals surface area contributed by atoms with Gasteiger partial charge in [0.1, 0.15) is 29.3 Å². The fraction of sp³-hybridized carbons (Fsp3) is 0.263. The Morgan fingerprint density at radius 3 is 2.43 bits per heavy atom. The van der Waals surface area contributed by atoms with E-state index in [0.717, 1.165) is 24.3 Å². The number of hydrogen-bond donors (Lipinski definition) is 4. The van der Waals surface area contributed by atoms with Crippen molar-refractivity contribution in [3.63, 3.8) is 0 Å². The Balaban J connectivity index is 2.12. The molecule has 1 aromatic carbocycles. The van der Waals surface area contributed by atoms with E-state index in [4.69, 9.17) is 16.7 Å². The SMILES string of the molecule is CCN(CC)c1ccc(C2N=C(NC#N)Nc3nc(N)c(C#N)c(N)c32)cc1. The van der Waals surface area contributed by atoms with Crippen LogP contribution in [0.1, 0.15) is 36.6 Å². The summed E-state index contributed by atoms with van der Waals surface area (Å²) in [6.45, 7) is 6.01. The minimum absolute atomic E-state index is 0.0279. The lowest BCUT2D eigenvalue weighted by Gasteiger charge is -2.27. The Kier molecular flexibility index (Phi) is 5.18. The first-order chi connectivity index (χ1) is 13.5. The summed E-state index contributed by atoms with van der Waals surface area (Å²) in [5, 5.41) is 23.7. The highest BCUT2D eigenvalue weighted by atomic mass is 15.2. The van der Waals surface area contributed by atoms with Crippen LogP contribution < -0.4 is 27.0 Å². The first-order valence-electron chi connectivity index (χ1n) is 8.87. The van der Waals surface area contributed by atoms with E-state index in [-0.39, 0.29) is 23.0 Å². The summed E-state index contributed by atoms with van der Waals surface area (Å²) in [7, 11) is 0. The van der Waals surface area contributed by atoms with Gasteiger partial charge < -0.3 is 21.7 Å². The number of nitrogens with two attached hydrogens (primary N) is 2. The van der Waals surface area contributed by atoms with Crippen LogP contribution in [0.15, 0.2) is 29.3 Å². The zero-order valence-corrected chi connectivity index (χ0v) is 15.7. The first kappa shape index (κ1) is 18.8. The van der Waals surface area contributed by atoms with Crippen LogP contribution in [-0.4, -0.2) is 24.0 Å². The molecule has 0 aliphatic carbocycles. The van der Waals surface area contributed by atoms with Gasteiger partial charge in [-0.2, -0.15) is 10.5 Å². The van der Waals surface area contributed by atoms with Crippen LogP contribution >= 0.6 is 0 Å². The number of nitrogens with one attached hydrogen (secondary N) is 2. The number of nitrogens with zero attached hydrogens (tertiary/aromatic N) is 5. The van der Waals surface area contributed by atoms with E-state index in [0.29, 0.717) is 11.4 Å². The van der Waals surface area contributed by atoms with Crippen molar-refractivity contribution < 1.29 is 0 Å². The van der Waals surface area contributed by atoms with E-state index in [9.17, 15) is 5.26 Å². The number of benzene rings is 1. The third-order valence-corrected chi connectivity index (χ3v) is 4.69. The van der Waals surface area contributed by atoms with Crippen molar-refractivity contribution >= 4 is 29.0 Å². The molecule has 3 rings (SSSR count). The van der Waals surface area contributed by atoms with Crippen LogP contribution in [0.25, 0.3) is 0 Å². The maximum absolute atomic E-state index is 9.38. The number of hydrogen-bond acceptors (Lipinski definition) is 9. The van der Waals surface area contributed by atoms with Crippen molar-refractivity contribution in [2.24, 2.45) is 4.99 Å². The predicted molar refractivity (Wildman–Crippen MR) is 109 cm³/mol. The van der Waals surface area contributed by atoms with Gasteiger partial charge in [-0.3, -0.25) is 5.32 Å². The molecular weight excluding hydrogens is 354 g/mol. The van der Waals surface area contributed by atoms with Crippen molar-refractivity contribution in [1.82, 2.24) is 10.3 Å². The molecule has 9 nitrogen and oxygen atoms in total. The fourth-order valence-corrected chi connectivity index (χ4v) is 3.28. The molecule has 0 bridgehead atoms. The van der Waals surface area contributed by atoms with Crippen LogP contribution in [0.4, 0.5) is 23.0 Å². The second-order valence-electron chi connectivity index (χ2n) is 6.17. The Morgan fingerprint density at radius 2 is 1.86 bits per heavy atom. The third-order valence-electron chi connectivity index (χ3n) is 4.69. The van der Waals surface area contributed by atoms with Gasteiger partial charge in [0.15, 0.2) is 6.19 Å². The number of rotatable bonds is 4. The normalized spacial score (nSPS) is 14.7. The van der Waals surface area contributed by atoms with Crippen LogP contribution in [0.3, 0.4) is 0 Å². The first-order valence-corrected chi connectivity index (χ1v) is 8.87. The Morgan fingerprint density at radius 1 is 1.18 bits per heavy atom. The lowest BCUT2D eigenvalue weighted by atomic mass is 9.95. The molecule has 1 unspecified atom stereocenters. The number of guanidine groups is 1. The predicted octanol–water partition coefficient (Wildman–Crippen LogP) is 1.91. The van der Waals surface area contributed by atoms with Crippen LogP contribution in [0, 0.1) is 22.8 Å². The van der Waals surface area contributed by atoms with Gasteiger partial charge in [0.25, 0.3) is 0 Å². The van der Waals surface area contributed by atoms with E-state index in [2.05, 4.69) is 39.4 Å². The van der Waals surface area contributed by atoms with Gasteiger partial charge in [-0.15, -0.1) is 0 Å². The topological polar surface area (TPSA) is 152 Å². The van der Waals surface area contributed by atoms with Crippen molar-refractivity contribution in [2.45, 2.75) is 19.9 Å². The molecule has 28 heavy (non-hydrogen) atoms. The highest BCUT2D eigenvalue weighted by Crippen LogP contribution is 2.40. The third kappa shape index (κ3) is 3.21. The second-order valence-corrected chi connectivity index (χ2v) is 6.17. The molecule has 6 N–H and O–H groups in total. The van der Waals surface area contributed by atoms with Crippen LogP contribution in [0.5, 0.6) is 0 Å². The largest absolute Gasteiger partial charge is 0.397 e. The number of anilines is 4. The lowest BCUT2D eigenvalue weighted by Crippen LogP contribution is -2.32. The lowest BCUT2D eigenvalue weighted by molar-refractivity contribution is 0.840. The molecule has 0 saturated carbocycles. The van der Waals surface area contributed by atoms with Gasteiger partial charge >= 0.3 is 0 Å². The Bertz CT molecular complexity index is 992. The summed E-state index contributed by atoms with van der Waals surface area (Å²) >= 11 is 0. The van der Waals surface area contributed by atoms with Crippen molar-refractivity contribution in [2.75, 3.05) is 34.8 Å². The molecule has 1 aliphatic rings. The zero-order valence-electron chi connectivity index (χ0n) is 15.7.